The third kappa shape index (κ3) is 184. The molecule has 0 aliphatic rings. The van der Waals surface area contributed by atoms with E-state index in [0.29, 0.717) is 0 Å². The van der Waals surface area contributed by atoms with Crippen LogP contribution in [0.3, 0.4) is 0 Å². The summed E-state index contributed by atoms with van der Waals surface area (Å²) in [6.45, 7) is 0. The summed E-state index contributed by atoms with van der Waals surface area (Å²) in [7, 11) is 0. The van der Waals surface area contributed by atoms with Crippen molar-refractivity contribution >= 4 is 37.6 Å². The fourth-order valence-electron chi connectivity index (χ4n) is 0. The third-order valence-electron chi connectivity index (χ3n) is 0. The molecule has 0 spiro atoms. The SMILES string of the molecule is N.O=[As](O)(O)O.[MgH2]. The molecule has 0 rings (SSSR count). The second kappa shape index (κ2) is 5.11. The maximum absolute atomic E-state index is 8.94. The smallest absolute Gasteiger partial charge is 0.316 e. The van der Waals surface area contributed by atoms with E-state index in [0.717, 1.165) is 0 Å². The average molecular weight is 185 g/mol. The summed E-state index contributed by atoms with van der Waals surface area (Å²) in [5.41, 5.74) is 0. The van der Waals surface area contributed by atoms with Crippen molar-refractivity contribution < 1.29 is 16.0 Å². The summed E-state index contributed by atoms with van der Waals surface area (Å²) < 4.78 is 30.7. The maximum atomic E-state index is 8.94. The molecule has 0 saturated carbocycles. The Bertz CT molecular complexity index is 57.8. The molecule has 44 valence electrons. The topological polar surface area (TPSA) is 113 Å². The van der Waals surface area contributed by atoms with Crippen LogP contribution in [0.1, 0.15) is 0 Å². The third-order valence-corrected chi connectivity index (χ3v) is 0. The first-order valence-corrected chi connectivity index (χ1v) is 4.07. The van der Waals surface area contributed by atoms with Gasteiger partial charge in [-0.1, -0.05) is 0 Å². The van der Waals surface area contributed by atoms with E-state index < -0.39 is 14.5 Å². The molecule has 0 aliphatic carbocycles. The first kappa shape index (κ1) is 15.7. The van der Waals surface area contributed by atoms with Crippen LogP contribution < -0.4 is 6.15 Å². The molecule has 0 heterocycles. The van der Waals surface area contributed by atoms with E-state index in [1.807, 2.05) is 0 Å². The van der Waals surface area contributed by atoms with Crippen LogP contribution in [0.2, 0.25) is 0 Å². The molecule has 7 heavy (non-hydrogen) atoms. The standard InChI is InChI=1S/AsH3O4.Mg.H3N.2H/c2-1(3,4)5;;;;/h(H3,2,3,4,5);;1H3;;. The molecule has 0 aromatic rings. The van der Waals surface area contributed by atoms with Gasteiger partial charge in [0.1, 0.15) is 0 Å². The Labute approximate surface area is 59.8 Å². The number of hydrogen-bond acceptors (Lipinski definition) is 2. The normalized spacial score (nSPS) is 8.43. The molecule has 0 atom stereocenters. The second-order valence-corrected chi connectivity index (χ2v) is 2.67. The largest absolute Gasteiger partial charge is 0.316 e. The summed E-state index contributed by atoms with van der Waals surface area (Å²) in [5.74, 6) is 0. The zero-order chi connectivity index (χ0) is 4.50. The van der Waals surface area contributed by atoms with Gasteiger partial charge in [0.2, 0.25) is 0 Å². The van der Waals surface area contributed by atoms with Gasteiger partial charge in [-0.15, -0.1) is 0 Å². The molecule has 6 N–H and O–H groups in total. The predicted molar refractivity (Wildman–Crippen MR) is 26.7 cm³/mol. The molecular weight excluding hydrogens is 177 g/mol. The predicted octanol–water partition coefficient (Wildman–Crippen LogP) is -2.92. The van der Waals surface area contributed by atoms with Crippen LogP contribution in [0.15, 0.2) is 0 Å². The van der Waals surface area contributed by atoms with E-state index >= 15 is 0 Å². The molecule has 0 aromatic heterocycles. The minimum atomic E-state index is -5.12. The molecule has 0 saturated heterocycles. The van der Waals surface area contributed by atoms with Gasteiger partial charge in [0.15, 0.2) is 0 Å². The molecule has 0 bridgehead atoms. The Kier molecular flexibility index (Phi) is 11.4. The first-order chi connectivity index (χ1) is 2.00. The van der Waals surface area contributed by atoms with E-state index in [9.17, 15) is 0 Å². The van der Waals surface area contributed by atoms with Crippen LogP contribution in [0, 0.1) is 0 Å². The van der Waals surface area contributed by atoms with Gasteiger partial charge in [-0.25, -0.2) is 0 Å². The number of rotatable bonds is 0. The fraction of sp³-hybridized carbons (Fsp3) is 0. The van der Waals surface area contributed by atoms with Crippen molar-refractivity contribution in [1.82, 2.24) is 6.15 Å². The maximum Gasteiger partial charge on any atom is 0.316 e. The van der Waals surface area contributed by atoms with Crippen molar-refractivity contribution in [1.29, 1.82) is 0 Å². The monoisotopic (exact) mass is 185 g/mol. The summed E-state index contributed by atoms with van der Waals surface area (Å²) in [5, 5.41) is 0. The Hall–Kier alpha value is 0.965. The van der Waals surface area contributed by atoms with E-state index in [1.165, 1.54) is 0 Å². The molecule has 0 amide bonds. The van der Waals surface area contributed by atoms with Gasteiger partial charge in [-0.3, -0.25) is 0 Å². The zero-order valence-corrected chi connectivity index (χ0v) is 4.78. The van der Waals surface area contributed by atoms with Crippen molar-refractivity contribution in [2.45, 2.75) is 0 Å². The summed E-state index contributed by atoms with van der Waals surface area (Å²) in [6.07, 6.45) is 0. The van der Waals surface area contributed by atoms with E-state index in [2.05, 4.69) is 0 Å². The van der Waals surface area contributed by atoms with Crippen LogP contribution in [0.5, 0.6) is 0 Å². The van der Waals surface area contributed by atoms with Crippen LogP contribution in [0.4, 0.5) is 0 Å². The van der Waals surface area contributed by atoms with Gasteiger partial charge in [0.25, 0.3) is 0 Å². The van der Waals surface area contributed by atoms with E-state index in [-0.39, 0.29) is 29.2 Å². The van der Waals surface area contributed by atoms with Crippen molar-refractivity contribution in [3.05, 3.63) is 0 Å². The van der Waals surface area contributed by atoms with Gasteiger partial charge < -0.3 is 6.15 Å². The van der Waals surface area contributed by atoms with Crippen molar-refractivity contribution in [2.24, 2.45) is 0 Å². The molecular formula is H8AsMgNO4. The number of hydrogen-bond donors (Lipinski definition) is 4. The van der Waals surface area contributed by atoms with Crippen molar-refractivity contribution in [3.8, 4) is 0 Å². The Morgan fingerprint density at radius 3 is 1.14 bits per heavy atom. The quantitative estimate of drug-likeness (QED) is 0.302. The zero-order valence-electron chi connectivity index (χ0n) is 2.90. The molecule has 0 fully saturated rings. The molecule has 7 heteroatoms. The van der Waals surface area contributed by atoms with Crippen molar-refractivity contribution in [3.63, 3.8) is 0 Å². The van der Waals surface area contributed by atoms with E-state index in [1.54, 1.807) is 0 Å². The van der Waals surface area contributed by atoms with Gasteiger partial charge in [0.05, 0.1) is 0 Å². The average Bonchev–Trinajstić information content (AvgIpc) is 0.722. The molecule has 0 unspecified atom stereocenters. The molecule has 0 aliphatic heterocycles. The van der Waals surface area contributed by atoms with Gasteiger partial charge >= 0.3 is 53.6 Å². The van der Waals surface area contributed by atoms with Crippen LogP contribution in [0.25, 0.3) is 0 Å². The Morgan fingerprint density at radius 1 is 1.14 bits per heavy atom. The second-order valence-electron chi connectivity index (χ2n) is 0.513. The van der Waals surface area contributed by atoms with Crippen LogP contribution in [-0.2, 0) is 3.74 Å². The summed E-state index contributed by atoms with van der Waals surface area (Å²) >= 11 is -5.12. The molecule has 0 radical (unpaired) electrons. The molecule has 5 nitrogen and oxygen atoms in total. The summed E-state index contributed by atoms with van der Waals surface area (Å²) in [6, 6.07) is 0. The van der Waals surface area contributed by atoms with Gasteiger partial charge in [0, 0.05) is 0 Å². The minimum Gasteiger partial charge on any atom is 0.316 e. The van der Waals surface area contributed by atoms with Crippen molar-refractivity contribution in [2.75, 3.05) is 0 Å². The summed E-state index contributed by atoms with van der Waals surface area (Å²) in [4.78, 5) is 0. The van der Waals surface area contributed by atoms with Crippen LogP contribution in [-0.4, -0.2) is 49.9 Å². The van der Waals surface area contributed by atoms with Gasteiger partial charge in [-0.05, 0) is 0 Å². The van der Waals surface area contributed by atoms with Crippen LogP contribution >= 0.6 is 0 Å². The Morgan fingerprint density at radius 2 is 1.14 bits per heavy atom. The minimum absolute atomic E-state index is 0. The first-order valence-electron chi connectivity index (χ1n) is 0.783. The van der Waals surface area contributed by atoms with E-state index in [4.69, 9.17) is 16.0 Å². The van der Waals surface area contributed by atoms with Gasteiger partial charge in [-0.2, -0.15) is 0 Å². The molecule has 0 aromatic carbocycles. The Balaban J connectivity index is -0.0000000800. The fourth-order valence-corrected chi connectivity index (χ4v) is 0.